The summed E-state index contributed by atoms with van der Waals surface area (Å²) in [5, 5.41) is 5.82. The van der Waals surface area contributed by atoms with Gasteiger partial charge in [-0.3, -0.25) is 9.78 Å². The van der Waals surface area contributed by atoms with Crippen LogP contribution in [0.15, 0.2) is 42.7 Å². The number of hydrogen-bond donors (Lipinski definition) is 2. The van der Waals surface area contributed by atoms with Gasteiger partial charge in [-0.15, -0.1) is 0 Å². The average molecular weight is 242 g/mol. The largest absolute Gasteiger partial charge is 0.385 e. The van der Waals surface area contributed by atoms with Crippen molar-refractivity contribution in [1.82, 2.24) is 9.97 Å². The molecular weight excluding hydrogens is 228 g/mol. The van der Waals surface area contributed by atoms with Gasteiger partial charge < -0.3 is 10.6 Å². The summed E-state index contributed by atoms with van der Waals surface area (Å²) in [7, 11) is 0. The number of hydrogen-bond acceptors (Lipinski definition) is 4. The summed E-state index contributed by atoms with van der Waals surface area (Å²) in [4.78, 5) is 20.0. The Hall–Kier alpha value is -2.43. The number of carbonyl (C=O) groups is 1. The Morgan fingerprint density at radius 2 is 2.11 bits per heavy atom. The third-order valence-electron chi connectivity index (χ3n) is 2.28. The topological polar surface area (TPSA) is 66.9 Å². The molecule has 0 aliphatic carbocycles. The van der Waals surface area contributed by atoms with Gasteiger partial charge in [0.25, 0.3) is 5.91 Å². The van der Waals surface area contributed by atoms with Gasteiger partial charge in [-0.1, -0.05) is 6.07 Å². The van der Waals surface area contributed by atoms with Crippen LogP contribution in [0.25, 0.3) is 0 Å². The molecule has 0 aromatic carbocycles. The van der Waals surface area contributed by atoms with Crippen LogP contribution in [0.4, 0.5) is 11.5 Å². The number of rotatable bonds is 4. The van der Waals surface area contributed by atoms with Gasteiger partial charge in [0.05, 0.1) is 0 Å². The summed E-state index contributed by atoms with van der Waals surface area (Å²) in [5.41, 5.74) is 1.23. The third kappa shape index (κ3) is 3.04. The van der Waals surface area contributed by atoms with Gasteiger partial charge in [0.2, 0.25) is 0 Å². The molecule has 0 spiro atoms. The molecule has 5 heteroatoms. The van der Waals surface area contributed by atoms with Crippen LogP contribution in [0.3, 0.4) is 0 Å². The molecule has 0 radical (unpaired) electrons. The molecule has 0 saturated carbocycles. The van der Waals surface area contributed by atoms with Crippen molar-refractivity contribution in [2.45, 2.75) is 6.92 Å². The molecule has 2 N–H and O–H groups in total. The van der Waals surface area contributed by atoms with Gasteiger partial charge in [0.1, 0.15) is 11.5 Å². The fourth-order valence-electron chi connectivity index (χ4n) is 1.49. The molecule has 0 unspecified atom stereocenters. The van der Waals surface area contributed by atoms with Crippen LogP contribution in [-0.4, -0.2) is 22.4 Å². The lowest BCUT2D eigenvalue weighted by Gasteiger charge is -2.06. The van der Waals surface area contributed by atoms with Crippen LogP contribution >= 0.6 is 0 Å². The van der Waals surface area contributed by atoms with Crippen LogP contribution in [-0.2, 0) is 0 Å². The van der Waals surface area contributed by atoms with Gasteiger partial charge in [0, 0.05) is 24.6 Å². The zero-order chi connectivity index (χ0) is 12.8. The Labute approximate surface area is 105 Å². The normalized spacial score (nSPS) is 9.83. The molecule has 1 amide bonds. The van der Waals surface area contributed by atoms with Crippen molar-refractivity contribution in [3.05, 3.63) is 48.4 Å². The maximum Gasteiger partial charge on any atom is 0.275 e. The van der Waals surface area contributed by atoms with Crippen LogP contribution in [0.2, 0.25) is 0 Å². The van der Waals surface area contributed by atoms with E-state index >= 15 is 0 Å². The predicted octanol–water partition coefficient (Wildman–Crippen LogP) is 2.16. The molecule has 92 valence electrons. The first-order chi connectivity index (χ1) is 8.79. The average Bonchev–Trinajstić information content (AvgIpc) is 2.40. The van der Waals surface area contributed by atoms with E-state index in [4.69, 9.17) is 0 Å². The van der Waals surface area contributed by atoms with E-state index in [0.717, 1.165) is 12.2 Å². The van der Waals surface area contributed by atoms with Crippen LogP contribution in [0, 0.1) is 0 Å². The molecule has 0 aliphatic rings. The van der Waals surface area contributed by atoms with Crippen molar-refractivity contribution in [2.24, 2.45) is 0 Å². The van der Waals surface area contributed by atoms with Gasteiger partial charge in [-0.2, -0.15) is 0 Å². The van der Waals surface area contributed by atoms with Crippen molar-refractivity contribution in [3.63, 3.8) is 0 Å². The molecular formula is C13H14N4O. The highest BCUT2D eigenvalue weighted by Gasteiger charge is 2.08. The zero-order valence-electron chi connectivity index (χ0n) is 10.1. The minimum absolute atomic E-state index is 0.270. The van der Waals surface area contributed by atoms with Gasteiger partial charge in [-0.05, 0) is 31.2 Å². The van der Waals surface area contributed by atoms with Crippen molar-refractivity contribution >= 4 is 17.4 Å². The summed E-state index contributed by atoms with van der Waals surface area (Å²) < 4.78 is 0. The number of pyridine rings is 2. The maximum atomic E-state index is 11.9. The van der Waals surface area contributed by atoms with Crippen molar-refractivity contribution < 1.29 is 4.79 Å². The lowest BCUT2D eigenvalue weighted by atomic mass is 10.3. The molecule has 0 atom stereocenters. The second-order valence-corrected chi connectivity index (χ2v) is 3.63. The van der Waals surface area contributed by atoms with Crippen LogP contribution in [0.5, 0.6) is 0 Å². The van der Waals surface area contributed by atoms with E-state index in [-0.39, 0.29) is 5.91 Å². The first kappa shape index (κ1) is 12.0. The molecule has 18 heavy (non-hydrogen) atoms. The first-order valence-corrected chi connectivity index (χ1v) is 5.72. The number of nitrogens with zero attached hydrogens (tertiary/aromatic N) is 2. The Bertz CT molecular complexity index is 528. The third-order valence-corrected chi connectivity index (χ3v) is 2.28. The lowest BCUT2D eigenvalue weighted by molar-refractivity contribution is 0.102. The standard InChI is InChI=1S/C13H14N4O/c1-2-14-10-6-8-15-11(9-10)13(18)17-12-5-3-4-7-16-12/h3-9H,2H2,1H3,(H,14,15)(H,16,17,18). The Balaban J connectivity index is 2.11. The van der Waals surface area contributed by atoms with Crippen LogP contribution in [0.1, 0.15) is 17.4 Å². The highest BCUT2D eigenvalue weighted by Crippen LogP contribution is 2.09. The van der Waals surface area contributed by atoms with Gasteiger partial charge in [0.15, 0.2) is 0 Å². The molecule has 2 heterocycles. The highest BCUT2D eigenvalue weighted by molar-refractivity contribution is 6.02. The molecule has 0 bridgehead atoms. The maximum absolute atomic E-state index is 11.9. The van der Waals surface area contributed by atoms with E-state index < -0.39 is 0 Å². The van der Waals surface area contributed by atoms with E-state index in [2.05, 4.69) is 20.6 Å². The van der Waals surface area contributed by atoms with Crippen LogP contribution < -0.4 is 10.6 Å². The molecule has 2 aromatic rings. The number of aromatic nitrogens is 2. The quantitative estimate of drug-likeness (QED) is 0.862. The fourth-order valence-corrected chi connectivity index (χ4v) is 1.49. The summed E-state index contributed by atoms with van der Waals surface area (Å²) in [6.07, 6.45) is 3.23. The van der Waals surface area contributed by atoms with E-state index in [1.165, 1.54) is 0 Å². The van der Waals surface area contributed by atoms with E-state index in [9.17, 15) is 4.79 Å². The second kappa shape index (κ2) is 5.77. The van der Waals surface area contributed by atoms with Crippen molar-refractivity contribution in [2.75, 3.05) is 17.2 Å². The monoisotopic (exact) mass is 242 g/mol. The summed E-state index contributed by atoms with van der Waals surface area (Å²) in [6, 6.07) is 8.86. The predicted molar refractivity (Wildman–Crippen MR) is 70.6 cm³/mol. The summed E-state index contributed by atoms with van der Waals surface area (Å²) in [5.74, 6) is 0.242. The summed E-state index contributed by atoms with van der Waals surface area (Å²) in [6.45, 7) is 2.79. The number of carbonyl (C=O) groups excluding carboxylic acids is 1. The van der Waals surface area contributed by atoms with Crippen molar-refractivity contribution in [3.8, 4) is 0 Å². The van der Waals surface area contributed by atoms with E-state index in [1.807, 2.05) is 19.1 Å². The van der Waals surface area contributed by atoms with Gasteiger partial charge >= 0.3 is 0 Å². The molecule has 0 saturated heterocycles. The smallest absolute Gasteiger partial charge is 0.275 e. The molecule has 5 nitrogen and oxygen atoms in total. The van der Waals surface area contributed by atoms with Gasteiger partial charge in [-0.25, -0.2) is 4.98 Å². The minimum atomic E-state index is -0.270. The Morgan fingerprint density at radius 3 is 2.83 bits per heavy atom. The second-order valence-electron chi connectivity index (χ2n) is 3.63. The van der Waals surface area contributed by atoms with E-state index in [0.29, 0.717) is 11.5 Å². The number of anilines is 2. The molecule has 2 aromatic heterocycles. The molecule has 0 aliphatic heterocycles. The van der Waals surface area contributed by atoms with Crippen molar-refractivity contribution in [1.29, 1.82) is 0 Å². The molecule has 2 rings (SSSR count). The fraction of sp³-hybridized carbons (Fsp3) is 0.154. The Morgan fingerprint density at radius 1 is 1.22 bits per heavy atom. The minimum Gasteiger partial charge on any atom is -0.385 e. The number of nitrogens with one attached hydrogen (secondary N) is 2. The van der Waals surface area contributed by atoms with E-state index in [1.54, 1.807) is 30.6 Å². The zero-order valence-corrected chi connectivity index (χ0v) is 10.1. The highest BCUT2D eigenvalue weighted by atomic mass is 16.1. The lowest BCUT2D eigenvalue weighted by Crippen LogP contribution is -2.14. The first-order valence-electron chi connectivity index (χ1n) is 5.72. The Kier molecular flexibility index (Phi) is 3.86. The number of amides is 1. The SMILES string of the molecule is CCNc1ccnc(C(=O)Nc2ccccn2)c1. The summed E-state index contributed by atoms with van der Waals surface area (Å²) >= 11 is 0. The molecule has 0 fully saturated rings.